The highest BCUT2D eigenvalue weighted by atomic mass is 16.6. The Morgan fingerprint density at radius 1 is 1.21 bits per heavy atom. The quantitative estimate of drug-likeness (QED) is 0.785. The second kappa shape index (κ2) is 9.08. The molecular weight excluding hydrogens is 358 g/mol. The molecule has 0 radical (unpaired) electrons. The van der Waals surface area contributed by atoms with E-state index in [1.54, 1.807) is 34.1 Å². The summed E-state index contributed by atoms with van der Waals surface area (Å²) in [4.78, 5) is 40.2. The zero-order valence-corrected chi connectivity index (χ0v) is 17.4. The summed E-state index contributed by atoms with van der Waals surface area (Å²) in [6.45, 7) is 10.4. The Kier molecular flexibility index (Phi) is 7.05. The average molecular weight is 389 g/mol. The number of ether oxygens (including phenoxy) is 1. The maximum absolute atomic E-state index is 12.8. The van der Waals surface area contributed by atoms with Gasteiger partial charge in [0.15, 0.2) is 5.78 Å². The van der Waals surface area contributed by atoms with E-state index < -0.39 is 5.60 Å². The van der Waals surface area contributed by atoms with E-state index in [-0.39, 0.29) is 23.9 Å². The number of urea groups is 1. The number of hydrogen-bond acceptors (Lipinski definition) is 4. The minimum Gasteiger partial charge on any atom is -0.444 e. The van der Waals surface area contributed by atoms with Crippen LogP contribution in [0, 0.1) is 0 Å². The first-order valence-electron chi connectivity index (χ1n) is 9.77. The lowest BCUT2D eigenvalue weighted by molar-refractivity contribution is 0.00898. The van der Waals surface area contributed by atoms with Gasteiger partial charge in [0, 0.05) is 30.9 Å². The Bertz CT molecular complexity index is 727. The molecule has 0 bridgehead atoms. The van der Waals surface area contributed by atoms with Crippen LogP contribution in [-0.2, 0) is 4.74 Å². The lowest BCUT2D eigenvalue weighted by Crippen LogP contribution is -2.58. The molecule has 3 amide bonds. The van der Waals surface area contributed by atoms with Crippen molar-refractivity contribution in [3.8, 4) is 0 Å². The number of Topliss-reactive ketones (excluding diaryl/α,β-unsaturated/α-hetero) is 1. The molecular formula is C21H31N3O4. The van der Waals surface area contributed by atoms with Gasteiger partial charge in [-0.05, 0) is 46.2 Å². The average Bonchev–Trinajstić information content (AvgIpc) is 2.60. The first kappa shape index (κ1) is 21.7. The Hall–Kier alpha value is -2.57. The topological polar surface area (TPSA) is 79.0 Å². The molecule has 1 heterocycles. The number of ketones is 1. The highest BCUT2D eigenvalue weighted by molar-refractivity contribution is 5.96. The van der Waals surface area contributed by atoms with Crippen molar-refractivity contribution in [1.29, 1.82) is 0 Å². The SMILES string of the molecule is CCCC1CN(C(=O)OC(C)(C)C)CCN1C(=O)Nc1cccc(C(C)=O)c1. The van der Waals surface area contributed by atoms with Crippen LogP contribution >= 0.6 is 0 Å². The third-order valence-corrected chi connectivity index (χ3v) is 4.54. The Balaban J connectivity index is 2.06. The van der Waals surface area contributed by atoms with Gasteiger partial charge < -0.3 is 19.9 Å². The fourth-order valence-electron chi connectivity index (χ4n) is 3.21. The van der Waals surface area contributed by atoms with Crippen LogP contribution in [0.3, 0.4) is 0 Å². The van der Waals surface area contributed by atoms with Gasteiger partial charge in [0.05, 0.1) is 6.04 Å². The molecule has 28 heavy (non-hydrogen) atoms. The second-order valence-corrected chi connectivity index (χ2v) is 8.13. The maximum Gasteiger partial charge on any atom is 0.410 e. The van der Waals surface area contributed by atoms with Crippen molar-refractivity contribution in [2.75, 3.05) is 25.0 Å². The minimum atomic E-state index is -0.548. The standard InChI is InChI=1S/C21H31N3O4/c1-6-8-18-14-23(20(27)28-21(3,4)5)11-12-24(18)19(26)22-17-10-7-9-16(13-17)15(2)25/h7,9-10,13,18H,6,8,11-12,14H2,1-5H3,(H,22,26). The molecule has 154 valence electrons. The van der Waals surface area contributed by atoms with E-state index in [9.17, 15) is 14.4 Å². The van der Waals surface area contributed by atoms with Crippen LogP contribution in [0.4, 0.5) is 15.3 Å². The predicted octanol–water partition coefficient (Wildman–Crippen LogP) is 4.14. The summed E-state index contributed by atoms with van der Waals surface area (Å²) in [5, 5.41) is 2.88. The molecule has 2 rings (SSSR count). The van der Waals surface area contributed by atoms with Gasteiger partial charge in [0.25, 0.3) is 0 Å². The summed E-state index contributed by atoms with van der Waals surface area (Å²) in [6, 6.07) is 6.60. The minimum absolute atomic E-state index is 0.0501. The Morgan fingerprint density at radius 2 is 1.93 bits per heavy atom. The van der Waals surface area contributed by atoms with E-state index >= 15 is 0 Å². The number of carbonyl (C=O) groups excluding carboxylic acids is 3. The molecule has 1 aliphatic rings. The molecule has 0 spiro atoms. The molecule has 1 atom stereocenters. The summed E-state index contributed by atoms with van der Waals surface area (Å²) >= 11 is 0. The van der Waals surface area contributed by atoms with Gasteiger partial charge in [-0.1, -0.05) is 25.5 Å². The zero-order valence-electron chi connectivity index (χ0n) is 17.4. The molecule has 0 saturated carbocycles. The number of benzene rings is 1. The van der Waals surface area contributed by atoms with E-state index in [0.717, 1.165) is 12.8 Å². The summed E-state index contributed by atoms with van der Waals surface area (Å²) in [6.07, 6.45) is 1.35. The summed E-state index contributed by atoms with van der Waals surface area (Å²) < 4.78 is 5.47. The predicted molar refractivity (Wildman–Crippen MR) is 109 cm³/mol. The molecule has 7 nitrogen and oxygen atoms in total. The number of hydrogen-bond donors (Lipinski definition) is 1. The maximum atomic E-state index is 12.8. The van der Waals surface area contributed by atoms with Crippen LogP contribution < -0.4 is 5.32 Å². The molecule has 1 aromatic carbocycles. The van der Waals surface area contributed by atoms with Crippen LogP contribution in [-0.4, -0.2) is 59.0 Å². The van der Waals surface area contributed by atoms with E-state index in [0.29, 0.717) is 30.9 Å². The van der Waals surface area contributed by atoms with Crippen LogP contribution in [0.5, 0.6) is 0 Å². The lowest BCUT2D eigenvalue weighted by atomic mass is 10.1. The number of amides is 3. The third kappa shape index (κ3) is 5.97. The Morgan fingerprint density at radius 3 is 2.54 bits per heavy atom. The number of anilines is 1. The highest BCUT2D eigenvalue weighted by Crippen LogP contribution is 2.20. The van der Waals surface area contributed by atoms with Gasteiger partial charge in [-0.25, -0.2) is 9.59 Å². The van der Waals surface area contributed by atoms with Crippen molar-refractivity contribution >= 4 is 23.6 Å². The van der Waals surface area contributed by atoms with E-state index in [1.807, 2.05) is 20.8 Å². The Labute approximate surface area is 167 Å². The zero-order chi connectivity index (χ0) is 20.9. The lowest BCUT2D eigenvalue weighted by Gasteiger charge is -2.41. The van der Waals surface area contributed by atoms with Crippen molar-refractivity contribution in [2.24, 2.45) is 0 Å². The first-order chi connectivity index (χ1) is 13.1. The van der Waals surface area contributed by atoms with E-state index in [4.69, 9.17) is 4.74 Å². The molecule has 0 aliphatic carbocycles. The van der Waals surface area contributed by atoms with Crippen molar-refractivity contribution in [1.82, 2.24) is 9.80 Å². The van der Waals surface area contributed by atoms with Gasteiger partial charge in [-0.2, -0.15) is 0 Å². The van der Waals surface area contributed by atoms with Crippen molar-refractivity contribution in [3.63, 3.8) is 0 Å². The van der Waals surface area contributed by atoms with E-state index in [1.165, 1.54) is 6.92 Å². The fourth-order valence-corrected chi connectivity index (χ4v) is 3.21. The first-order valence-corrected chi connectivity index (χ1v) is 9.77. The van der Waals surface area contributed by atoms with Gasteiger partial charge >= 0.3 is 12.1 Å². The number of nitrogens with zero attached hydrogens (tertiary/aromatic N) is 2. The molecule has 1 N–H and O–H groups in total. The van der Waals surface area contributed by atoms with Crippen molar-refractivity contribution in [2.45, 2.75) is 59.1 Å². The van der Waals surface area contributed by atoms with Gasteiger partial charge in [-0.3, -0.25) is 4.79 Å². The van der Waals surface area contributed by atoms with Crippen molar-refractivity contribution in [3.05, 3.63) is 29.8 Å². The van der Waals surface area contributed by atoms with E-state index in [2.05, 4.69) is 12.2 Å². The summed E-state index contributed by atoms with van der Waals surface area (Å²) in [5.41, 5.74) is 0.591. The molecule has 1 aliphatic heterocycles. The van der Waals surface area contributed by atoms with Gasteiger partial charge in [0.1, 0.15) is 5.60 Å². The number of carbonyl (C=O) groups is 3. The highest BCUT2D eigenvalue weighted by Gasteiger charge is 2.33. The van der Waals surface area contributed by atoms with Crippen LogP contribution in [0.1, 0.15) is 57.8 Å². The molecule has 1 fully saturated rings. The van der Waals surface area contributed by atoms with Gasteiger partial charge in [0.2, 0.25) is 0 Å². The smallest absolute Gasteiger partial charge is 0.410 e. The van der Waals surface area contributed by atoms with Crippen LogP contribution in [0.15, 0.2) is 24.3 Å². The summed E-state index contributed by atoms with van der Waals surface area (Å²) in [5.74, 6) is -0.0501. The largest absolute Gasteiger partial charge is 0.444 e. The summed E-state index contributed by atoms with van der Waals surface area (Å²) in [7, 11) is 0. The monoisotopic (exact) mass is 389 g/mol. The molecule has 1 unspecified atom stereocenters. The number of piperazine rings is 1. The number of rotatable bonds is 4. The fraction of sp³-hybridized carbons (Fsp3) is 0.571. The molecule has 7 heteroatoms. The number of nitrogens with one attached hydrogen (secondary N) is 1. The molecule has 1 aromatic rings. The molecule has 0 aromatic heterocycles. The normalized spacial score (nSPS) is 17.2. The third-order valence-electron chi connectivity index (χ3n) is 4.54. The van der Waals surface area contributed by atoms with Gasteiger partial charge in [-0.15, -0.1) is 0 Å². The van der Waals surface area contributed by atoms with Crippen LogP contribution in [0.25, 0.3) is 0 Å². The molecule has 1 saturated heterocycles. The van der Waals surface area contributed by atoms with Crippen LogP contribution in [0.2, 0.25) is 0 Å². The van der Waals surface area contributed by atoms with Crippen molar-refractivity contribution < 1.29 is 19.1 Å². The second-order valence-electron chi connectivity index (χ2n) is 8.13.